The lowest BCUT2D eigenvalue weighted by Gasteiger charge is -2.34. The van der Waals surface area contributed by atoms with E-state index in [9.17, 15) is 8.42 Å². The van der Waals surface area contributed by atoms with E-state index in [1.165, 1.54) is 12.8 Å². The summed E-state index contributed by atoms with van der Waals surface area (Å²) in [5.74, 6) is 2.07. The van der Waals surface area contributed by atoms with Gasteiger partial charge in [0, 0.05) is 29.1 Å². The molecule has 102 valence electrons. The summed E-state index contributed by atoms with van der Waals surface area (Å²) in [5, 5.41) is 0.801. The number of alkyl halides is 1. The first-order chi connectivity index (χ1) is 8.11. The van der Waals surface area contributed by atoms with Crippen LogP contribution in [0.25, 0.3) is 0 Å². The molecule has 0 N–H and O–H groups in total. The zero-order valence-corrected chi connectivity index (χ0v) is 13.6. The predicted octanol–water partition coefficient (Wildman–Crippen LogP) is 2.36. The molecule has 0 aliphatic carbocycles. The summed E-state index contributed by atoms with van der Waals surface area (Å²) >= 11 is 5.18. The van der Waals surface area contributed by atoms with Gasteiger partial charge in [0.25, 0.3) is 0 Å². The molecule has 1 aliphatic heterocycles. The first-order valence-corrected chi connectivity index (χ1v) is 10.2. The topological polar surface area (TPSA) is 37.4 Å². The third kappa shape index (κ3) is 5.09. The lowest BCUT2D eigenvalue weighted by Crippen LogP contribution is -2.48. The minimum atomic E-state index is -2.92. The molecule has 1 unspecified atom stereocenters. The fourth-order valence-electron chi connectivity index (χ4n) is 1.98. The fraction of sp³-hybridized carbons (Fsp3) is 1.00. The summed E-state index contributed by atoms with van der Waals surface area (Å²) < 4.78 is 24.0. The van der Waals surface area contributed by atoms with E-state index < -0.39 is 9.84 Å². The Morgan fingerprint density at radius 3 is 2.76 bits per heavy atom. The van der Waals surface area contributed by atoms with Crippen molar-refractivity contribution in [2.24, 2.45) is 0 Å². The van der Waals surface area contributed by atoms with Gasteiger partial charge in [-0.25, -0.2) is 8.42 Å². The average Bonchev–Trinajstić information content (AvgIpc) is 2.35. The smallest absolute Gasteiger partial charge is 0.166 e. The van der Waals surface area contributed by atoms with E-state index in [0.29, 0.717) is 0 Å². The second kappa shape index (κ2) is 8.02. The monoisotopic (exact) mass is 343 g/mol. The maximum absolute atomic E-state index is 12.0. The van der Waals surface area contributed by atoms with Crippen LogP contribution in [-0.2, 0) is 9.84 Å². The molecule has 1 atom stereocenters. The molecule has 3 nitrogen and oxygen atoms in total. The molecule has 0 saturated carbocycles. The molecule has 0 spiro atoms. The third-order valence-corrected chi connectivity index (χ3v) is 6.98. The van der Waals surface area contributed by atoms with Gasteiger partial charge in [0.05, 0.1) is 0 Å². The van der Waals surface area contributed by atoms with Crippen LogP contribution in [0.5, 0.6) is 0 Å². The molecule has 1 rings (SSSR count). The van der Waals surface area contributed by atoms with Gasteiger partial charge < -0.3 is 0 Å². The molecular weight excluding hydrogens is 322 g/mol. The minimum absolute atomic E-state index is 0.241. The number of nitrogens with zero attached hydrogens (tertiary/aromatic N) is 1. The summed E-state index contributed by atoms with van der Waals surface area (Å²) in [7, 11) is -2.92. The molecule has 1 heterocycles. The van der Waals surface area contributed by atoms with Gasteiger partial charge in [-0.2, -0.15) is 11.8 Å². The van der Waals surface area contributed by atoms with Crippen molar-refractivity contribution in [3.8, 4) is 0 Å². The Bertz CT molecular complexity index is 309. The first-order valence-electron chi connectivity index (χ1n) is 6.21. The molecule has 0 bridgehead atoms. The van der Waals surface area contributed by atoms with Crippen molar-refractivity contribution in [2.45, 2.75) is 31.6 Å². The van der Waals surface area contributed by atoms with Crippen molar-refractivity contribution < 1.29 is 8.42 Å². The molecule has 6 heteroatoms. The SMILES string of the molecule is CCS(=O)(=O)C1CSCCN1CCCCCBr. The largest absolute Gasteiger partial charge is 0.286 e. The standard InChI is InChI=1S/C11H22BrNO2S2/c1-2-17(14,15)11-10-16-9-8-13(11)7-5-3-4-6-12/h11H,2-10H2,1H3. The predicted molar refractivity (Wildman–Crippen MR) is 79.8 cm³/mol. The van der Waals surface area contributed by atoms with Crippen molar-refractivity contribution >= 4 is 37.5 Å². The van der Waals surface area contributed by atoms with Gasteiger partial charge in [-0.3, -0.25) is 4.90 Å². The summed E-state index contributed by atoms with van der Waals surface area (Å²) in [6, 6.07) is 0. The second-order valence-electron chi connectivity index (χ2n) is 4.27. The number of halogens is 1. The zero-order chi connectivity index (χ0) is 12.7. The van der Waals surface area contributed by atoms with E-state index in [1.807, 2.05) is 0 Å². The van der Waals surface area contributed by atoms with Crippen LogP contribution in [0, 0.1) is 0 Å². The normalized spacial score (nSPS) is 22.8. The van der Waals surface area contributed by atoms with Crippen molar-refractivity contribution in [3.63, 3.8) is 0 Å². The van der Waals surface area contributed by atoms with Crippen LogP contribution in [0.15, 0.2) is 0 Å². The van der Waals surface area contributed by atoms with Crippen LogP contribution in [0.4, 0.5) is 0 Å². The van der Waals surface area contributed by atoms with Crippen molar-refractivity contribution in [3.05, 3.63) is 0 Å². The molecule has 0 aromatic rings. The van der Waals surface area contributed by atoms with Gasteiger partial charge in [-0.15, -0.1) is 0 Å². The summed E-state index contributed by atoms with van der Waals surface area (Å²) in [5.41, 5.74) is 0. The Morgan fingerprint density at radius 2 is 2.12 bits per heavy atom. The van der Waals surface area contributed by atoms with Gasteiger partial charge >= 0.3 is 0 Å². The average molecular weight is 344 g/mol. The molecule has 0 aromatic heterocycles. The summed E-state index contributed by atoms with van der Waals surface area (Å²) in [6.07, 6.45) is 3.45. The maximum Gasteiger partial charge on any atom is 0.166 e. The van der Waals surface area contributed by atoms with Gasteiger partial charge in [0.15, 0.2) is 9.84 Å². The zero-order valence-electron chi connectivity index (χ0n) is 10.4. The van der Waals surface area contributed by atoms with E-state index in [0.717, 1.165) is 36.3 Å². The molecule has 0 radical (unpaired) electrons. The molecule has 1 saturated heterocycles. The fourth-order valence-corrected chi connectivity index (χ4v) is 5.49. The highest BCUT2D eigenvalue weighted by Crippen LogP contribution is 2.21. The van der Waals surface area contributed by atoms with Crippen LogP contribution in [0.1, 0.15) is 26.2 Å². The van der Waals surface area contributed by atoms with E-state index in [4.69, 9.17) is 0 Å². The van der Waals surface area contributed by atoms with Gasteiger partial charge in [0.2, 0.25) is 0 Å². The molecular formula is C11H22BrNO2S2. The number of hydrogen-bond acceptors (Lipinski definition) is 4. The number of thioether (sulfide) groups is 1. The van der Waals surface area contributed by atoms with E-state index in [1.54, 1.807) is 18.7 Å². The Morgan fingerprint density at radius 1 is 1.35 bits per heavy atom. The van der Waals surface area contributed by atoms with Gasteiger partial charge in [-0.1, -0.05) is 29.3 Å². The Kier molecular flexibility index (Phi) is 7.45. The first kappa shape index (κ1) is 15.8. The molecule has 17 heavy (non-hydrogen) atoms. The Labute approximate surface area is 118 Å². The molecule has 1 aliphatic rings. The van der Waals surface area contributed by atoms with Crippen molar-refractivity contribution in [1.82, 2.24) is 4.90 Å². The van der Waals surface area contributed by atoms with Gasteiger partial charge in [0.1, 0.15) is 5.37 Å². The van der Waals surface area contributed by atoms with E-state index >= 15 is 0 Å². The number of rotatable bonds is 7. The molecule has 0 amide bonds. The van der Waals surface area contributed by atoms with Crippen molar-refractivity contribution in [2.75, 3.05) is 35.7 Å². The second-order valence-corrected chi connectivity index (χ2v) is 8.66. The highest BCUT2D eigenvalue weighted by atomic mass is 79.9. The van der Waals surface area contributed by atoms with Crippen molar-refractivity contribution in [1.29, 1.82) is 0 Å². The summed E-state index contributed by atoms with van der Waals surface area (Å²) in [4.78, 5) is 2.17. The minimum Gasteiger partial charge on any atom is -0.286 e. The highest BCUT2D eigenvalue weighted by molar-refractivity contribution is 9.09. The van der Waals surface area contributed by atoms with Crippen LogP contribution >= 0.6 is 27.7 Å². The number of sulfone groups is 1. The van der Waals surface area contributed by atoms with Crippen LogP contribution in [0.3, 0.4) is 0 Å². The molecule has 0 aromatic carbocycles. The lowest BCUT2D eigenvalue weighted by molar-refractivity contribution is 0.264. The lowest BCUT2D eigenvalue weighted by atomic mass is 10.2. The van der Waals surface area contributed by atoms with E-state index in [2.05, 4.69) is 20.8 Å². The van der Waals surface area contributed by atoms with E-state index in [-0.39, 0.29) is 11.1 Å². The number of hydrogen-bond donors (Lipinski definition) is 0. The van der Waals surface area contributed by atoms with Crippen LogP contribution < -0.4 is 0 Å². The number of unbranched alkanes of at least 4 members (excludes halogenated alkanes) is 2. The molecule has 1 fully saturated rings. The highest BCUT2D eigenvalue weighted by Gasteiger charge is 2.32. The Balaban J connectivity index is 2.49. The quantitative estimate of drug-likeness (QED) is 0.525. The van der Waals surface area contributed by atoms with Crippen LogP contribution in [-0.4, -0.2) is 54.4 Å². The van der Waals surface area contributed by atoms with Gasteiger partial charge in [-0.05, 0) is 19.4 Å². The third-order valence-electron chi connectivity index (χ3n) is 3.09. The maximum atomic E-state index is 12.0. The van der Waals surface area contributed by atoms with Crippen LogP contribution in [0.2, 0.25) is 0 Å². The summed E-state index contributed by atoms with van der Waals surface area (Å²) in [6.45, 7) is 3.60. The Hall–Kier alpha value is 0.740.